The Morgan fingerprint density at radius 1 is 1.32 bits per heavy atom. The summed E-state index contributed by atoms with van der Waals surface area (Å²) in [6.45, 7) is 0.287. The number of pyridine rings is 1. The molecular formula is C12H11ClN4O3S2. The van der Waals surface area contributed by atoms with Gasteiger partial charge in [0.25, 0.3) is 0 Å². The van der Waals surface area contributed by atoms with E-state index in [1.807, 2.05) is 0 Å². The Morgan fingerprint density at radius 3 is 2.73 bits per heavy atom. The van der Waals surface area contributed by atoms with Gasteiger partial charge in [0.2, 0.25) is 20.1 Å². The maximum absolute atomic E-state index is 12.0. The average molecular weight is 359 g/mol. The van der Waals surface area contributed by atoms with E-state index in [9.17, 15) is 13.2 Å². The minimum Gasteiger partial charge on any atom is -0.286 e. The van der Waals surface area contributed by atoms with Crippen LogP contribution in [0.25, 0.3) is 10.6 Å². The summed E-state index contributed by atoms with van der Waals surface area (Å²) in [6, 6.07) is 3.61. The molecule has 1 unspecified atom stereocenters. The molecule has 3 heterocycles. The van der Waals surface area contributed by atoms with Crippen molar-refractivity contribution in [3.8, 4) is 10.6 Å². The number of carbonyl (C=O) groups is 1. The number of anilines is 1. The second kappa shape index (κ2) is 5.90. The van der Waals surface area contributed by atoms with Gasteiger partial charge in [-0.15, -0.1) is 10.2 Å². The highest BCUT2D eigenvalue weighted by atomic mass is 35.7. The number of rotatable bonds is 4. The second-order valence-corrected chi connectivity index (χ2v) is 8.68. The third kappa shape index (κ3) is 3.42. The standard InChI is InChI=1S/C12H11ClN4O3S2/c13-22(19,20)7-8-5-10(18)17(6-8)12-16-15-11(21-12)9-1-3-14-4-2-9/h1-4,8H,5-7H2. The molecule has 0 spiro atoms. The van der Waals surface area contributed by atoms with Gasteiger partial charge in [0.05, 0.1) is 5.75 Å². The summed E-state index contributed by atoms with van der Waals surface area (Å²) in [7, 11) is 1.63. The van der Waals surface area contributed by atoms with Gasteiger partial charge in [-0.05, 0) is 12.1 Å². The summed E-state index contributed by atoms with van der Waals surface area (Å²) in [5.74, 6) is -0.696. The van der Waals surface area contributed by atoms with Gasteiger partial charge in [-0.3, -0.25) is 14.7 Å². The van der Waals surface area contributed by atoms with Gasteiger partial charge in [0.15, 0.2) is 0 Å². The Hall–Kier alpha value is -1.58. The Kier molecular flexibility index (Phi) is 4.11. The lowest BCUT2D eigenvalue weighted by atomic mass is 10.1. The number of hydrogen-bond acceptors (Lipinski definition) is 7. The van der Waals surface area contributed by atoms with E-state index in [0.717, 1.165) is 5.56 Å². The summed E-state index contributed by atoms with van der Waals surface area (Å²) in [5, 5.41) is 9.24. The first-order chi connectivity index (χ1) is 10.4. The highest BCUT2D eigenvalue weighted by Gasteiger charge is 2.34. The van der Waals surface area contributed by atoms with Crippen LogP contribution >= 0.6 is 22.0 Å². The van der Waals surface area contributed by atoms with Gasteiger partial charge in [-0.1, -0.05) is 11.3 Å². The van der Waals surface area contributed by atoms with Crippen LogP contribution in [-0.2, 0) is 13.8 Å². The van der Waals surface area contributed by atoms with Gasteiger partial charge in [-0.2, -0.15) is 0 Å². The lowest BCUT2D eigenvalue weighted by Crippen LogP contribution is -2.25. The summed E-state index contributed by atoms with van der Waals surface area (Å²) in [4.78, 5) is 17.4. The van der Waals surface area contributed by atoms with Crippen molar-refractivity contribution < 1.29 is 13.2 Å². The molecule has 0 aliphatic carbocycles. The van der Waals surface area contributed by atoms with Crippen molar-refractivity contribution >= 4 is 42.1 Å². The fourth-order valence-electron chi connectivity index (χ4n) is 2.30. The van der Waals surface area contributed by atoms with E-state index in [-0.39, 0.29) is 30.5 Å². The van der Waals surface area contributed by atoms with Crippen molar-refractivity contribution in [1.29, 1.82) is 0 Å². The van der Waals surface area contributed by atoms with Crippen molar-refractivity contribution in [1.82, 2.24) is 15.2 Å². The molecule has 1 amide bonds. The predicted octanol–water partition coefficient (Wildman–Crippen LogP) is 1.52. The van der Waals surface area contributed by atoms with Crippen LogP contribution < -0.4 is 4.90 Å². The minimum absolute atomic E-state index is 0.149. The molecule has 0 aromatic carbocycles. The van der Waals surface area contributed by atoms with Gasteiger partial charge < -0.3 is 0 Å². The largest absolute Gasteiger partial charge is 0.286 e. The number of nitrogens with zero attached hydrogens (tertiary/aromatic N) is 4. The van der Waals surface area contributed by atoms with Crippen molar-refractivity contribution in [2.24, 2.45) is 5.92 Å². The maximum Gasteiger partial charge on any atom is 0.232 e. The van der Waals surface area contributed by atoms with Gasteiger partial charge >= 0.3 is 0 Å². The summed E-state index contributed by atoms with van der Waals surface area (Å²) >= 11 is 1.28. The van der Waals surface area contributed by atoms with E-state index >= 15 is 0 Å². The number of aromatic nitrogens is 3. The molecule has 1 atom stereocenters. The number of hydrogen-bond donors (Lipinski definition) is 0. The molecule has 0 radical (unpaired) electrons. The van der Waals surface area contributed by atoms with Crippen LogP contribution in [0.1, 0.15) is 6.42 Å². The molecule has 0 bridgehead atoms. The maximum atomic E-state index is 12.0. The molecule has 2 aromatic heterocycles. The smallest absolute Gasteiger partial charge is 0.232 e. The zero-order valence-corrected chi connectivity index (χ0v) is 13.6. The Balaban J connectivity index is 1.78. The molecule has 7 nitrogen and oxygen atoms in total. The SMILES string of the molecule is O=C1CC(CS(=O)(=O)Cl)CN1c1nnc(-c2ccncc2)s1. The van der Waals surface area contributed by atoms with E-state index in [1.165, 1.54) is 16.2 Å². The molecule has 1 aliphatic rings. The first-order valence-corrected chi connectivity index (χ1v) is 9.68. The first-order valence-electron chi connectivity index (χ1n) is 6.39. The number of halogens is 1. The lowest BCUT2D eigenvalue weighted by Gasteiger charge is -2.11. The average Bonchev–Trinajstić information content (AvgIpc) is 3.05. The fraction of sp³-hybridized carbons (Fsp3) is 0.333. The minimum atomic E-state index is -3.62. The molecule has 1 saturated heterocycles. The Labute approximate surface area is 135 Å². The zero-order chi connectivity index (χ0) is 15.7. The normalized spacial score (nSPS) is 18.9. The van der Waals surface area contributed by atoms with Gasteiger partial charge in [-0.25, -0.2) is 8.42 Å². The van der Waals surface area contributed by atoms with Gasteiger partial charge in [0.1, 0.15) is 5.01 Å². The van der Waals surface area contributed by atoms with E-state index in [0.29, 0.717) is 10.1 Å². The van der Waals surface area contributed by atoms with Crippen molar-refractivity contribution in [3.05, 3.63) is 24.5 Å². The molecular weight excluding hydrogens is 348 g/mol. The van der Waals surface area contributed by atoms with E-state index in [1.54, 1.807) is 24.5 Å². The van der Waals surface area contributed by atoms with Crippen molar-refractivity contribution in [2.45, 2.75) is 6.42 Å². The molecule has 2 aromatic rings. The summed E-state index contributed by atoms with van der Waals surface area (Å²) in [6.07, 6.45) is 3.45. The van der Waals surface area contributed by atoms with Crippen LogP contribution in [0.2, 0.25) is 0 Å². The zero-order valence-electron chi connectivity index (χ0n) is 11.2. The highest BCUT2D eigenvalue weighted by molar-refractivity contribution is 8.13. The third-order valence-electron chi connectivity index (χ3n) is 3.21. The molecule has 0 N–H and O–H groups in total. The highest BCUT2D eigenvalue weighted by Crippen LogP contribution is 2.32. The molecule has 1 aliphatic heterocycles. The predicted molar refractivity (Wildman–Crippen MR) is 83.2 cm³/mol. The third-order valence-corrected chi connectivity index (χ3v) is 5.46. The van der Waals surface area contributed by atoms with Crippen LogP contribution in [-0.4, -0.2) is 41.8 Å². The van der Waals surface area contributed by atoms with E-state index in [4.69, 9.17) is 10.7 Å². The quantitative estimate of drug-likeness (QED) is 0.769. The summed E-state index contributed by atoms with van der Waals surface area (Å²) < 4.78 is 22.3. The molecule has 10 heteroatoms. The molecule has 3 rings (SSSR count). The molecule has 116 valence electrons. The Bertz CT molecular complexity index is 794. The molecule has 1 fully saturated rings. The Morgan fingerprint density at radius 2 is 2.05 bits per heavy atom. The monoisotopic (exact) mass is 358 g/mol. The van der Waals surface area contributed by atoms with Crippen LogP contribution in [0.4, 0.5) is 5.13 Å². The number of amides is 1. The van der Waals surface area contributed by atoms with Crippen molar-refractivity contribution in [3.63, 3.8) is 0 Å². The van der Waals surface area contributed by atoms with E-state index < -0.39 is 9.05 Å². The van der Waals surface area contributed by atoms with E-state index in [2.05, 4.69) is 15.2 Å². The van der Waals surface area contributed by atoms with Crippen LogP contribution in [0, 0.1) is 5.92 Å². The second-order valence-electron chi connectivity index (χ2n) is 4.91. The van der Waals surface area contributed by atoms with Crippen LogP contribution in [0.3, 0.4) is 0 Å². The molecule has 22 heavy (non-hydrogen) atoms. The van der Waals surface area contributed by atoms with Crippen molar-refractivity contribution in [2.75, 3.05) is 17.2 Å². The van der Waals surface area contributed by atoms with Crippen LogP contribution in [0.15, 0.2) is 24.5 Å². The fourth-order valence-corrected chi connectivity index (χ4v) is 4.49. The van der Waals surface area contributed by atoms with Gasteiger partial charge in [0, 0.05) is 47.5 Å². The summed E-state index contributed by atoms with van der Waals surface area (Å²) in [5.41, 5.74) is 0.866. The topological polar surface area (TPSA) is 93.1 Å². The molecule has 0 saturated carbocycles. The number of carbonyl (C=O) groups excluding carboxylic acids is 1. The first kappa shape index (κ1) is 15.3. The lowest BCUT2D eigenvalue weighted by molar-refractivity contribution is -0.117. The van der Waals surface area contributed by atoms with Crippen LogP contribution in [0.5, 0.6) is 0 Å².